The Morgan fingerprint density at radius 3 is 2.35 bits per heavy atom. The summed E-state index contributed by atoms with van der Waals surface area (Å²) < 4.78 is 0. The van der Waals surface area contributed by atoms with E-state index in [2.05, 4.69) is 50.4 Å². The smallest absolute Gasteiger partial charge is 0.00910 e. The topological polar surface area (TPSA) is 12.0 Å². The van der Waals surface area contributed by atoms with E-state index in [1.54, 1.807) is 5.56 Å². The second-order valence-electron chi connectivity index (χ2n) is 7.69. The lowest BCUT2D eigenvalue weighted by atomic mass is 9.49. The average molecular weight is 271 g/mol. The highest BCUT2D eigenvalue weighted by atomic mass is 14.9. The van der Waals surface area contributed by atoms with E-state index in [0.29, 0.717) is 16.9 Å². The summed E-state index contributed by atoms with van der Waals surface area (Å²) in [6, 6.07) is 9.63. The van der Waals surface area contributed by atoms with Crippen molar-refractivity contribution in [1.29, 1.82) is 0 Å². The summed E-state index contributed by atoms with van der Waals surface area (Å²) >= 11 is 0. The van der Waals surface area contributed by atoms with Crippen LogP contribution >= 0.6 is 0 Å². The van der Waals surface area contributed by atoms with E-state index in [1.807, 2.05) is 0 Å². The van der Waals surface area contributed by atoms with Crippen molar-refractivity contribution in [2.24, 2.45) is 5.41 Å². The van der Waals surface area contributed by atoms with Crippen molar-refractivity contribution in [3.05, 3.63) is 35.4 Å². The minimum Gasteiger partial charge on any atom is -0.314 e. The summed E-state index contributed by atoms with van der Waals surface area (Å²) in [4.78, 5) is 0. The molecule has 0 unspecified atom stereocenters. The molecular formula is C19H29N. The Bertz CT molecular complexity index is 460. The van der Waals surface area contributed by atoms with Gasteiger partial charge >= 0.3 is 0 Å². The maximum atomic E-state index is 3.72. The molecule has 2 fully saturated rings. The quantitative estimate of drug-likeness (QED) is 0.845. The minimum absolute atomic E-state index is 0.403. The van der Waals surface area contributed by atoms with Gasteiger partial charge in [-0.25, -0.2) is 0 Å². The maximum absolute atomic E-state index is 3.72. The number of aryl methyl sites for hydroxylation is 1. The molecule has 20 heavy (non-hydrogen) atoms. The molecule has 2 aliphatic rings. The van der Waals surface area contributed by atoms with E-state index in [0.717, 1.165) is 6.54 Å². The molecule has 2 aliphatic carbocycles. The van der Waals surface area contributed by atoms with E-state index in [-0.39, 0.29) is 0 Å². The number of hydrogen-bond donors (Lipinski definition) is 1. The zero-order valence-corrected chi connectivity index (χ0v) is 13.3. The average Bonchev–Trinajstić information content (AvgIpc) is 2.84. The molecule has 0 atom stereocenters. The molecule has 1 N–H and O–H groups in total. The fourth-order valence-corrected chi connectivity index (χ4v) is 4.84. The molecular weight excluding hydrogens is 242 g/mol. The summed E-state index contributed by atoms with van der Waals surface area (Å²) in [5.74, 6) is 0. The molecule has 1 heteroatoms. The van der Waals surface area contributed by atoms with E-state index < -0.39 is 0 Å². The first-order valence-electron chi connectivity index (χ1n) is 8.35. The summed E-state index contributed by atoms with van der Waals surface area (Å²) in [6.07, 6.45) is 8.68. The third-order valence-corrected chi connectivity index (χ3v) is 5.66. The highest BCUT2D eigenvalue weighted by Gasteiger charge is 2.55. The molecule has 1 aromatic carbocycles. The fraction of sp³-hybridized carbons (Fsp3) is 0.684. The van der Waals surface area contributed by atoms with Gasteiger partial charge in [0.25, 0.3) is 0 Å². The van der Waals surface area contributed by atoms with E-state index in [4.69, 9.17) is 0 Å². The molecule has 0 amide bonds. The largest absolute Gasteiger partial charge is 0.314 e. The highest BCUT2D eigenvalue weighted by molar-refractivity contribution is 5.38. The van der Waals surface area contributed by atoms with Gasteiger partial charge in [-0.15, -0.1) is 0 Å². The molecule has 2 saturated carbocycles. The Labute approximate surface area is 124 Å². The van der Waals surface area contributed by atoms with Crippen LogP contribution in [0.15, 0.2) is 24.3 Å². The van der Waals surface area contributed by atoms with Gasteiger partial charge in [-0.05, 0) is 49.1 Å². The SMILES string of the molecule is Cc1ccccc1C1(CNC(C)C)CC2(CCCC2)C1. The van der Waals surface area contributed by atoms with Crippen molar-refractivity contribution < 1.29 is 0 Å². The van der Waals surface area contributed by atoms with Crippen molar-refractivity contribution in [3.63, 3.8) is 0 Å². The molecule has 1 spiro atoms. The van der Waals surface area contributed by atoms with Gasteiger partial charge in [0, 0.05) is 18.0 Å². The molecule has 0 bridgehead atoms. The summed E-state index contributed by atoms with van der Waals surface area (Å²) in [5, 5.41) is 3.72. The number of rotatable bonds is 4. The molecule has 0 saturated heterocycles. The zero-order valence-electron chi connectivity index (χ0n) is 13.3. The third kappa shape index (κ3) is 2.41. The second-order valence-corrected chi connectivity index (χ2v) is 7.69. The van der Waals surface area contributed by atoms with Gasteiger partial charge in [-0.1, -0.05) is 51.0 Å². The third-order valence-electron chi connectivity index (χ3n) is 5.66. The van der Waals surface area contributed by atoms with Crippen LogP contribution in [0.4, 0.5) is 0 Å². The van der Waals surface area contributed by atoms with Crippen LogP contribution in [0.5, 0.6) is 0 Å². The van der Waals surface area contributed by atoms with Crippen LogP contribution in [0.2, 0.25) is 0 Å². The van der Waals surface area contributed by atoms with E-state index in [9.17, 15) is 0 Å². The summed E-state index contributed by atoms with van der Waals surface area (Å²) in [5.41, 5.74) is 4.18. The highest BCUT2D eigenvalue weighted by Crippen LogP contribution is 2.63. The first-order chi connectivity index (χ1) is 9.55. The van der Waals surface area contributed by atoms with Gasteiger partial charge in [0.15, 0.2) is 0 Å². The fourth-order valence-electron chi connectivity index (χ4n) is 4.84. The van der Waals surface area contributed by atoms with Crippen molar-refractivity contribution in [2.45, 2.75) is 70.8 Å². The molecule has 1 nitrogen and oxygen atoms in total. The van der Waals surface area contributed by atoms with Crippen LogP contribution in [-0.2, 0) is 5.41 Å². The Morgan fingerprint density at radius 1 is 1.10 bits per heavy atom. The minimum atomic E-state index is 0.403. The normalized spacial score (nSPS) is 23.2. The van der Waals surface area contributed by atoms with Gasteiger partial charge in [-0.3, -0.25) is 0 Å². The predicted molar refractivity (Wildman–Crippen MR) is 86.1 cm³/mol. The number of benzene rings is 1. The molecule has 1 aromatic rings. The van der Waals surface area contributed by atoms with Crippen LogP contribution in [-0.4, -0.2) is 12.6 Å². The molecule has 0 heterocycles. The first-order valence-corrected chi connectivity index (χ1v) is 8.35. The van der Waals surface area contributed by atoms with Crippen LogP contribution < -0.4 is 5.32 Å². The van der Waals surface area contributed by atoms with E-state index >= 15 is 0 Å². The Balaban J connectivity index is 1.84. The first kappa shape index (κ1) is 14.1. The lowest BCUT2D eigenvalue weighted by Gasteiger charge is -2.56. The Morgan fingerprint density at radius 2 is 1.75 bits per heavy atom. The van der Waals surface area contributed by atoms with Crippen LogP contribution in [0, 0.1) is 12.3 Å². The van der Waals surface area contributed by atoms with Gasteiger partial charge < -0.3 is 5.32 Å². The van der Waals surface area contributed by atoms with Crippen LogP contribution in [0.1, 0.15) is 63.5 Å². The molecule has 3 rings (SSSR count). The van der Waals surface area contributed by atoms with Gasteiger partial charge in [0.05, 0.1) is 0 Å². The van der Waals surface area contributed by atoms with Crippen molar-refractivity contribution in [1.82, 2.24) is 5.32 Å². The maximum Gasteiger partial charge on any atom is 0.00910 e. The van der Waals surface area contributed by atoms with E-state index in [1.165, 1.54) is 44.1 Å². The Hall–Kier alpha value is -0.820. The second kappa shape index (κ2) is 5.18. The van der Waals surface area contributed by atoms with Crippen LogP contribution in [0.25, 0.3) is 0 Å². The molecule has 110 valence electrons. The number of hydrogen-bond acceptors (Lipinski definition) is 1. The molecule has 0 radical (unpaired) electrons. The van der Waals surface area contributed by atoms with Crippen molar-refractivity contribution in [3.8, 4) is 0 Å². The lowest BCUT2D eigenvalue weighted by molar-refractivity contribution is 0.0254. The Kier molecular flexibility index (Phi) is 3.66. The lowest BCUT2D eigenvalue weighted by Crippen LogP contribution is -2.55. The monoisotopic (exact) mass is 271 g/mol. The number of nitrogens with one attached hydrogen (secondary N) is 1. The van der Waals surface area contributed by atoms with Gasteiger partial charge in [0.1, 0.15) is 0 Å². The zero-order chi connectivity index (χ0) is 14.2. The van der Waals surface area contributed by atoms with Gasteiger partial charge in [-0.2, -0.15) is 0 Å². The van der Waals surface area contributed by atoms with Gasteiger partial charge in [0.2, 0.25) is 0 Å². The summed E-state index contributed by atoms with van der Waals surface area (Å²) in [7, 11) is 0. The predicted octanol–water partition coefficient (Wildman–Crippen LogP) is 4.59. The molecule has 0 aliphatic heterocycles. The molecule has 0 aromatic heterocycles. The summed E-state index contributed by atoms with van der Waals surface area (Å²) in [6.45, 7) is 7.95. The van der Waals surface area contributed by atoms with Crippen LogP contribution in [0.3, 0.4) is 0 Å². The van der Waals surface area contributed by atoms with Crippen molar-refractivity contribution in [2.75, 3.05) is 6.54 Å². The van der Waals surface area contributed by atoms with Crippen molar-refractivity contribution >= 4 is 0 Å². The standard InChI is InChI=1S/C19H29N/c1-15(2)20-14-19(17-9-5-4-8-16(17)3)12-18(13-19)10-6-7-11-18/h4-5,8-9,15,20H,6-7,10-14H2,1-3H3.